The summed E-state index contributed by atoms with van der Waals surface area (Å²) in [5.74, 6) is -1.63. The average molecular weight is 419 g/mol. The number of aliphatic hydroxyl groups is 1. The zero-order valence-corrected chi connectivity index (χ0v) is 17.0. The lowest BCUT2D eigenvalue weighted by Gasteiger charge is -2.26. The van der Waals surface area contributed by atoms with Crippen molar-refractivity contribution in [2.24, 2.45) is 0 Å². The fourth-order valence-corrected chi connectivity index (χ4v) is 3.86. The summed E-state index contributed by atoms with van der Waals surface area (Å²) < 4.78 is 0. The highest BCUT2D eigenvalue weighted by Crippen LogP contribution is 2.42. The average Bonchev–Trinajstić information content (AvgIpc) is 3.00. The van der Waals surface area contributed by atoms with Crippen molar-refractivity contribution in [3.63, 3.8) is 0 Å². The Bertz CT molecular complexity index is 1140. The molecule has 1 N–H and O–H groups in total. The van der Waals surface area contributed by atoms with E-state index in [0.717, 1.165) is 11.1 Å². The van der Waals surface area contributed by atoms with Crippen molar-refractivity contribution >= 4 is 29.1 Å². The molecule has 0 saturated carbocycles. The molecule has 4 rings (SSSR count). The van der Waals surface area contributed by atoms with Crippen LogP contribution in [0.25, 0.3) is 5.76 Å². The van der Waals surface area contributed by atoms with Crippen molar-refractivity contribution in [1.29, 1.82) is 0 Å². The molecular weight excluding hydrogens is 400 g/mol. The third-order valence-electron chi connectivity index (χ3n) is 5.14. The quantitative estimate of drug-likeness (QED) is 0.380. The Kier molecular flexibility index (Phi) is 5.38. The van der Waals surface area contributed by atoms with Crippen LogP contribution in [0.5, 0.6) is 0 Å². The van der Waals surface area contributed by atoms with Crippen molar-refractivity contribution in [1.82, 2.24) is 9.88 Å². The summed E-state index contributed by atoms with van der Waals surface area (Å²) in [6.45, 7) is 2.10. The number of ketones is 1. The van der Waals surface area contributed by atoms with Gasteiger partial charge in [0, 0.05) is 29.5 Å². The Morgan fingerprint density at radius 3 is 2.47 bits per heavy atom. The molecule has 1 aliphatic heterocycles. The molecule has 1 amide bonds. The second-order valence-corrected chi connectivity index (χ2v) is 7.58. The maximum Gasteiger partial charge on any atom is 0.295 e. The van der Waals surface area contributed by atoms with E-state index in [1.54, 1.807) is 54.9 Å². The molecule has 30 heavy (non-hydrogen) atoms. The number of nitrogens with zero attached hydrogens (tertiary/aromatic N) is 2. The van der Waals surface area contributed by atoms with Gasteiger partial charge in [-0.2, -0.15) is 0 Å². The van der Waals surface area contributed by atoms with Gasteiger partial charge in [0.1, 0.15) is 5.76 Å². The van der Waals surface area contributed by atoms with Crippen LogP contribution < -0.4 is 0 Å². The fraction of sp³-hybridized carbons (Fsp3) is 0.125. The van der Waals surface area contributed by atoms with E-state index in [4.69, 9.17) is 11.6 Å². The smallest absolute Gasteiger partial charge is 0.295 e. The number of aryl methyl sites for hydroxylation is 1. The molecule has 6 heteroatoms. The number of pyridine rings is 1. The lowest BCUT2D eigenvalue weighted by Crippen LogP contribution is -2.29. The monoisotopic (exact) mass is 418 g/mol. The molecule has 1 aliphatic rings. The molecule has 1 saturated heterocycles. The lowest BCUT2D eigenvalue weighted by molar-refractivity contribution is -0.140. The molecule has 5 nitrogen and oxygen atoms in total. The number of aliphatic hydroxyl groups excluding tert-OH is 1. The SMILES string of the molecule is Cc1ccc(C(O)=C2C(=O)C(=O)N(Cc3cccnc3)[C@H]2c2ccccc2Cl)cc1. The van der Waals surface area contributed by atoms with Gasteiger partial charge in [0.15, 0.2) is 0 Å². The number of hydrogen-bond donors (Lipinski definition) is 1. The van der Waals surface area contributed by atoms with Gasteiger partial charge in [0.2, 0.25) is 0 Å². The predicted molar refractivity (Wildman–Crippen MR) is 115 cm³/mol. The van der Waals surface area contributed by atoms with E-state index in [2.05, 4.69) is 4.98 Å². The van der Waals surface area contributed by atoms with Crippen LogP contribution >= 0.6 is 11.6 Å². The molecule has 0 unspecified atom stereocenters. The summed E-state index contributed by atoms with van der Waals surface area (Å²) in [6, 6.07) is 16.9. The summed E-state index contributed by atoms with van der Waals surface area (Å²) in [5.41, 5.74) is 2.87. The molecule has 1 fully saturated rings. The van der Waals surface area contributed by atoms with Crippen LogP contribution in [0.3, 0.4) is 0 Å². The van der Waals surface area contributed by atoms with E-state index in [9.17, 15) is 14.7 Å². The van der Waals surface area contributed by atoms with Gasteiger partial charge in [-0.1, -0.05) is 65.7 Å². The molecule has 0 aliphatic carbocycles. The Morgan fingerprint density at radius 1 is 1.07 bits per heavy atom. The third-order valence-corrected chi connectivity index (χ3v) is 5.48. The normalized spacial score (nSPS) is 18.1. The highest BCUT2D eigenvalue weighted by Gasteiger charge is 2.46. The summed E-state index contributed by atoms with van der Waals surface area (Å²) in [6.07, 6.45) is 3.28. The molecular formula is C24H19ClN2O3. The van der Waals surface area contributed by atoms with Crippen LogP contribution in [0.4, 0.5) is 0 Å². The van der Waals surface area contributed by atoms with E-state index >= 15 is 0 Å². The number of hydrogen-bond acceptors (Lipinski definition) is 4. The van der Waals surface area contributed by atoms with E-state index in [-0.39, 0.29) is 17.9 Å². The number of amides is 1. The van der Waals surface area contributed by atoms with Gasteiger partial charge < -0.3 is 10.0 Å². The Morgan fingerprint density at radius 2 is 1.80 bits per heavy atom. The van der Waals surface area contributed by atoms with E-state index in [1.807, 2.05) is 25.1 Å². The first-order chi connectivity index (χ1) is 14.5. The standard InChI is InChI=1S/C24H19ClN2O3/c1-15-8-10-17(11-9-15)22(28)20-21(18-6-2-3-7-19(18)25)27(24(30)23(20)29)14-16-5-4-12-26-13-16/h2-13,21,28H,14H2,1H3/t21-/m0/s1. The second-order valence-electron chi connectivity index (χ2n) is 7.18. The van der Waals surface area contributed by atoms with Crippen LogP contribution in [0.1, 0.15) is 28.3 Å². The molecule has 0 spiro atoms. The van der Waals surface area contributed by atoms with E-state index in [0.29, 0.717) is 16.1 Å². The first-order valence-corrected chi connectivity index (χ1v) is 9.84. The van der Waals surface area contributed by atoms with Gasteiger partial charge in [-0.15, -0.1) is 0 Å². The maximum atomic E-state index is 13.0. The number of likely N-dealkylation sites (tertiary alicyclic amines) is 1. The highest BCUT2D eigenvalue weighted by molar-refractivity contribution is 6.46. The van der Waals surface area contributed by atoms with Gasteiger partial charge in [-0.25, -0.2) is 0 Å². The lowest BCUT2D eigenvalue weighted by atomic mass is 9.95. The van der Waals surface area contributed by atoms with Crippen LogP contribution in [0.15, 0.2) is 78.6 Å². The van der Waals surface area contributed by atoms with Gasteiger partial charge in [0.25, 0.3) is 11.7 Å². The Hall–Kier alpha value is -3.44. The van der Waals surface area contributed by atoms with Crippen LogP contribution in [0, 0.1) is 6.92 Å². The van der Waals surface area contributed by atoms with Crippen molar-refractivity contribution < 1.29 is 14.7 Å². The molecule has 0 bridgehead atoms. The predicted octanol–water partition coefficient (Wildman–Crippen LogP) is 4.67. The Labute approximate surface area is 179 Å². The largest absolute Gasteiger partial charge is 0.507 e. The summed E-state index contributed by atoms with van der Waals surface area (Å²) in [4.78, 5) is 31.5. The summed E-state index contributed by atoms with van der Waals surface area (Å²) >= 11 is 6.44. The molecule has 150 valence electrons. The van der Waals surface area contributed by atoms with E-state index < -0.39 is 17.7 Å². The van der Waals surface area contributed by atoms with Crippen LogP contribution in [-0.2, 0) is 16.1 Å². The molecule has 0 radical (unpaired) electrons. The fourth-order valence-electron chi connectivity index (χ4n) is 3.62. The Balaban J connectivity index is 1.88. The van der Waals surface area contributed by atoms with Crippen LogP contribution in [-0.4, -0.2) is 26.7 Å². The van der Waals surface area contributed by atoms with Crippen molar-refractivity contribution in [2.45, 2.75) is 19.5 Å². The highest BCUT2D eigenvalue weighted by atomic mass is 35.5. The van der Waals surface area contributed by atoms with Crippen molar-refractivity contribution in [3.05, 3.63) is 106 Å². The minimum atomic E-state index is -0.805. The number of carbonyl (C=O) groups excluding carboxylic acids is 2. The van der Waals surface area contributed by atoms with Crippen LogP contribution in [0.2, 0.25) is 5.02 Å². The molecule has 2 heterocycles. The first kappa shape index (κ1) is 19.9. The van der Waals surface area contributed by atoms with Gasteiger partial charge in [-0.3, -0.25) is 14.6 Å². The summed E-state index contributed by atoms with van der Waals surface area (Å²) in [5, 5.41) is 11.4. The number of rotatable bonds is 4. The number of aromatic nitrogens is 1. The molecule has 2 aromatic carbocycles. The topological polar surface area (TPSA) is 70.5 Å². The van der Waals surface area contributed by atoms with Gasteiger partial charge in [0.05, 0.1) is 11.6 Å². The number of Topliss-reactive ketones (excluding diaryl/α,β-unsaturated/α-hetero) is 1. The van der Waals surface area contributed by atoms with E-state index in [1.165, 1.54) is 4.90 Å². The first-order valence-electron chi connectivity index (χ1n) is 9.46. The third kappa shape index (κ3) is 3.60. The number of halogens is 1. The molecule has 1 aromatic heterocycles. The zero-order chi connectivity index (χ0) is 21.3. The zero-order valence-electron chi connectivity index (χ0n) is 16.2. The molecule has 1 atom stereocenters. The van der Waals surface area contributed by atoms with Gasteiger partial charge >= 0.3 is 0 Å². The minimum Gasteiger partial charge on any atom is -0.507 e. The number of benzene rings is 2. The summed E-state index contributed by atoms with van der Waals surface area (Å²) in [7, 11) is 0. The molecule has 3 aromatic rings. The minimum absolute atomic E-state index is 0.0286. The maximum absolute atomic E-state index is 13.0. The second kappa shape index (κ2) is 8.13. The number of carbonyl (C=O) groups is 2. The van der Waals surface area contributed by atoms with Crippen molar-refractivity contribution in [3.8, 4) is 0 Å². The van der Waals surface area contributed by atoms with Gasteiger partial charge in [-0.05, 0) is 30.2 Å². The van der Waals surface area contributed by atoms with Crippen molar-refractivity contribution in [2.75, 3.05) is 0 Å².